The zero-order valence-electron chi connectivity index (χ0n) is 32.7. The maximum atomic E-state index is 14.5. The molecule has 7 fully saturated rings. The second kappa shape index (κ2) is 11.5. The zero-order chi connectivity index (χ0) is 41.0. The summed E-state index contributed by atoms with van der Waals surface area (Å²) >= 11 is 0. The Morgan fingerprint density at radius 3 is 2.07 bits per heavy atom. The van der Waals surface area contributed by atoms with Gasteiger partial charge in [0.1, 0.15) is 35.6 Å². The fourth-order valence-corrected chi connectivity index (χ4v) is 13.4. The zero-order valence-corrected chi connectivity index (χ0v) is 32.7. The van der Waals surface area contributed by atoms with Crippen LogP contribution in [0.5, 0.6) is 0 Å². The number of fused-ring (bicyclic) bond motifs is 4. The van der Waals surface area contributed by atoms with E-state index in [2.05, 4.69) is 0 Å². The fraction of sp³-hybridized carbons (Fsp3) is 0.744. The minimum atomic E-state index is -2.73. The fourth-order valence-electron chi connectivity index (χ4n) is 13.4. The maximum absolute atomic E-state index is 14.5. The van der Waals surface area contributed by atoms with Gasteiger partial charge in [-0.3, -0.25) is 28.8 Å². The van der Waals surface area contributed by atoms with Gasteiger partial charge in [0.15, 0.2) is 24.1 Å². The molecule has 2 spiro atoms. The molecule has 3 saturated heterocycles. The number of hydrogen-bond acceptors (Lipinski definition) is 17. The Morgan fingerprint density at radius 2 is 1.52 bits per heavy atom. The Kier molecular flexibility index (Phi) is 7.99. The topological polar surface area (TPSA) is 230 Å². The van der Waals surface area contributed by atoms with E-state index in [0.717, 1.165) is 27.7 Å². The summed E-state index contributed by atoms with van der Waals surface area (Å²) in [5, 5.41) is 28.4. The molecule has 4 bridgehead atoms. The summed E-state index contributed by atoms with van der Waals surface area (Å²) in [7, 11) is 0. The van der Waals surface area contributed by atoms with Gasteiger partial charge < -0.3 is 52.5 Å². The smallest absolute Gasteiger partial charge is 0.306 e. The van der Waals surface area contributed by atoms with Crippen LogP contribution in [0.3, 0.4) is 0 Å². The first-order valence-electron chi connectivity index (χ1n) is 18.9. The van der Waals surface area contributed by atoms with E-state index in [1.165, 1.54) is 19.5 Å². The molecular formula is C39H48O17. The highest BCUT2D eigenvalue weighted by Crippen LogP contribution is 2.88. The normalized spacial score (nSPS) is 48.0. The molecule has 1 aromatic heterocycles. The van der Waals surface area contributed by atoms with E-state index in [-0.39, 0.29) is 12.8 Å². The third kappa shape index (κ3) is 4.05. The van der Waals surface area contributed by atoms with Crippen molar-refractivity contribution >= 4 is 35.8 Å². The van der Waals surface area contributed by atoms with Gasteiger partial charge in [-0.2, -0.15) is 0 Å². The molecule has 0 unspecified atom stereocenters. The molecule has 17 heteroatoms. The van der Waals surface area contributed by atoms with Crippen molar-refractivity contribution in [3.8, 4) is 0 Å². The van der Waals surface area contributed by atoms with Crippen molar-refractivity contribution in [3.05, 3.63) is 24.2 Å². The van der Waals surface area contributed by atoms with Crippen molar-refractivity contribution in [1.82, 2.24) is 0 Å². The summed E-state index contributed by atoms with van der Waals surface area (Å²) < 4.78 is 56.7. The minimum absolute atomic E-state index is 0.0786. The number of carbonyl (C=O) groups excluding carboxylic acids is 6. The lowest BCUT2D eigenvalue weighted by atomic mass is 9.32. The summed E-state index contributed by atoms with van der Waals surface area (Å²) in [5.41, 5.74) is -14.9. The van der Waals surface area contributed by atoms with Gasteiger partial charge in [0, 0.05) is 70.3 Å². The maximum Gasteiger partial charge on any atom is 0.306 e. The highest BCUT2D eigenvalue weighted by Gasteiger charge is 3.05. The SMILES string of the molecule is CC(=O)O[C@@H]1[C@H](OC(C)=O)[C@@](C)([C@@H](OC(C)=O)c2ccoc2)[C@H]2C[C@@]3(C(C)C)O[C@@H]4[C@@]5(OC(C)=O)[C@@H](OC(C)=O)[C@]6(C)C[C@@]5(O)[C@]5(COC(=O)C[C@H]65)[C@]1(O)[C@@]24O3. The number of hydrogen-bond donors (Lipinski definition) is 2. The van der Waals surface area contributed by atoms with Crippen molar-refractivity contribution in [2.75, 3.05) is 6.61 Å². The molecule has 306 valence electrons. The number of esters is 6. The standard InChI is InChI=1S/C39H48O17/c1-17(2)35-13-25-33(9,27(50-18(3)40)23-10-11-48-14-23)28(51-19(4)41)29(52-20(5)42)39(47)34-16-49-26(45)12-24(34)32(8)15-36(34,46)38(54-22(7)44,30(32)53-21(6)43)31(55-35)37(25,39)56-35/h10-11,14,17,24-25,27-31,46-47H,12-13,15-16H2,1-9H3/t24-,25-,27+,28+,29-,30+,31+,32-,33-,34-,35-,36-,37-,38+,39+/m1/s1. The average Bonchev–Trinajstić information content (AvgIpc) is 3.89. The van der Waals surface area contributed by atoms with Gasteiger partial charge in [0.25, 0.3) is 0 Å². The van der Waals surface area contributed by atoms with Crippen LogP contribution in [-0.2, 0) is 66.7 Å². The first-order valence-corrected chi connectivity index (χ1v) is 18.9. The molecule has 2 N–H and O–H groups in total. The molecule has 0 aromatic carbocycles. The van der Waals surface area contributed by atoms with E-state index in [4.69, 9.17) is 42.3 Å². The summed E-state index contributed by atoms with van der Waals surface area (Å²) in [6.45, 7) is 11.8. The molecule has 8 rings (SSSR count). The van der Waals surface area contributed by atoms with Gasteiger partial charge >= 0.3 is 35.8 Å². The van der Waals surface area contributed by atoms with E-state index < -0.39 is 142 Å². The lowest BCUT2D eigenvalue weighted by Crippen LogP contribution is -2.98. The lowest BCUT2D eigenvalue weighted by molar-refractivity contribution is -0.449. The molecular weight excluding hydrogens is 740 g/mol. The molecule has 3 aliphatic heterocycles. The van der Waals surface area contributed by atoms with E-state index in [0.29, 0.717) is 5.56 Å². The van der Waals surface area contributed by atoms with Gasteiger partial charge in [-0.1, -0.05) is 27.7 Å². The molecule has 0 amide bonds. The Labute approximate surface area is 321 Å². The van der Waals surface area contributed by atoms with Gasteiger partial charge in [-0.05, 0) is 18.4 Å². The van der Waals surface area contributed by atoms with Crippen LogP contribution in [0.2, 0.25) is 0 Å². The quantitative estimate of drug-likeness (QED) is 0.283. The molecule has 4 aliphatic carbocycles. The summed E-state index contributed by atoms with van der Waals surface area (Å²) in [5.74, 6) is -9.46. The molecule has 4 heterocycles. The number of carbonyl (C=O) groups is 6. The van der Waals surface area contributed by atoms with Gasteiger partial charge in [-0.25, -0.2) is 0 Å². The van der Waals surface area contributed by atoms with Gasteiger partial charge in [0.05, 0.1) is 23.4 Å². The van der Waals surface area contributed by atoms with E-state index >= 15 is 0 Å². The van der Waals surface area contributed by atoms with Crippen LogP contribution >= 0.6 is 0 Å². The molecule has 15 atom stereocenters. The number of furan rings is 1. The first kappa shape index (κ1) is 38.8. The van der Waals surface area contributed by atoms with Crippen LogP contribution in [0.15, 0.2) is 23.0 Å². The van der Waals surface area contributed by atoms with Gasteiger partial charge in [-0.15, -0.1) is 0 Å². The average molecular weight is 789 g/mol. The van der Waals surface area contributed by atoms with Crippen molar-refractivity contribution in [3.63, 3.8) is 0 Å². The Bertz CT molecular complexity index is 1930. The van der Waals surface area contributed by atoms with E-state index in [1.54, 1.807) is 33.8 Å². The second-order valence-electron chi connectivity index (χ2n) is 17.7. The van der Waals surface area contributed by atoms with Crippen molar-refractivity contribution in [2.45, 2.75) is 140 Å². The van der Waals surface area contributed by atoms with Crippen LogP contribution < -0.4 is 0 Å². The van der Waals surface area contributed by atoms with Crippen LogP contribution in [-0.4, -0.2) is 105 Å². The van der Waals surface area contributed by atoms with Crippen LogP contribution in [0.25, 0.3) is 0 Å². The van der Waals surface area contributed by atoms with E-state index in [9.17, 15) is 39.0 Å². The summed E-state index contributed by atoms with van der Waals surface area (Å²) in [6.07, 6.45) is -6.37. The molecule has 4 saturated carbocycles. The number of rotatable bonds is 8. The monoisotopic (exact) mass is 788 g/mol. The first-order chi connectivity index (χ1) is 26.0. The highest BCUT2D eigenvalue weighted by atomic mass is 16.8. The Balaban J connectivity index is 1.56. The molecule has 17 nitrogen and oxygen atoms in total. The van der Waals surface area contributed by atoms with Gasteiger partial charge in [0.2, 0.25) is 5.60 Å². The highest BCUT2D eigenvalue weighted by molar-refractivity contribution is 5.75. The lowest BCUT2D eigenvalue weighted by Gasteiger charge is -2.77. The molecule has 0 radical (unpaired) electrons. The molecule has 56 heavy (non-hydrogen) atoms. The van der Waals surface area contributed by atoms with Crippen LogP contribution in [0.4, 0.5) is 0 Å². The predicted molar refractivity (Wildman–Crippen MR) is 181 cm³/mol. The minimum Gasteiger partial charge on any atom is -0.472 e. The number of cyclic esters (lactones) is 1. The van der Waals surface area contributed by atoms with Crippen LogP contribution in [0.1, 0.15) is 93.2 Å². The van der Waals surface area contributed by atoms with Crippen molar-refractivity contribution in [1.29, 1.82) is 0 Å². The van der Waals surface area contributed by atoms with Crippen LogP contribution in [0, 0.1) is 34.0 Å². The van der Waals surface area contributed by atoms with Crippen molar-refractivity contribution < 1.29 is 81.3 Å². The molecule has 1 aromatic rings. The largest absolute Gasteiger partial charge is 0.472 e. The third-order valence-corrected chi connectivity index (χ3v) is 14.8. The summed E-state index contributed by atoms with van der Waals surface area (Å²) in [4.78, 5) is 80.1. The van der Waals surface area contributed by atoms with E-state index in [1.807, 2.05) is 0 Å². The predicted octanol–water partition coefficient (Wildman–Crippen LogP) is 1.98. The summed E-state index contributed by atoms with van der Waals surface area (Å²) in [6, 6.07) is 1.55. The number of aliphatic hydroxyl groups is 2. The van der Waals surface area contributed by atoms with Crippen molar-refractivity contribution in [2.24, 2.45) is 34.0 Å². The Morgan fingerprint density at radius 1 is 0.875 bits per heavy atom. The second-order valence-corrected chi connectivity index (χ2v) is 17.7. The Hall–Kier alpha value is -4.06. The third-order valence-electron chi connectivity index (χ3n) is 14.8. The molecule has 7 aliphatic rings. The number of ether oxygens (including phenoxy) is 8.